The molecule has 0 saturated carbocycles. The molecule has 1 atom stereocenters. The summed E-state index contributed by atoms with van der Waals surface area (Å²) in [6.07, 6.45) is 3.14. The third-order valence-corrected chi connectivity index (χ3v) is 5.75. The first-order chi connectivity index (χ1) is 14.3. The molecule has 1 aliphatic rings. The summed E-state index contributed by atoms with van der Waals surface area (Å²) in [5.41, 5.74) is 2.36. The summed E-state index contributed by atoms with van der Waals surface area (Å²) in [5.74, 6) is 0.790. The zero-order valence-electron chi connectivity index (χ0n) is 16.4. The Hall–Kier alpha value is -2.96. The van der Waals surface area contributed by atoms with E-state index < -0.39 is 6.10 Å². The van der Waals surface area contributed by atoms with E-state index in [1.807, 2.05) is 6.07 Å². The van der Waals surface area contributed by atoms with Gasteiger partial charge in [-0.25, -0.2) is 9.97 Å². The van der Waals surface area contributed by atoms with Gasteiger partial charge in [0.05, 0.1) is 12.6 Å². The van der Waals surface area contributed by atoms with Crippen LogP contribution in [0, 0.1) is 0 Å². The van der Waals surface area contributed by atoms with Gasteiger partial charge in [-0.1, -0.05) is 36.4 Å². The molecule has 0 unspecified atom stereocenters. The number of rotatable bonds is 5. The van der Waals surface area contributed by atoms with Gasteiger partial charge in [0, 0.05) is 66.9 Å². The highest BCUT2D eigenvalue weighted by molar-refractivity contribution is 6.07. The Balaban J connectivity index is 1.27. The fourth-order valence-corrected chi connectivity index (χ4v) is 4.35. The lowest BCUT2D eigenvalue weighted by molar-refractivity contribution is 0.0967. The lowest BCUT2D eigenvalue weighted by Gasteiger charge is -2.35. The van der Waals surface area contributed by atoms with Crippen LogP contribution in [0.4, 0.5) is 5.95 Å². The number of anilines is 1. The van der Waals surface area contributed by atoms with Crippen molar-refractivity contribution in [3.63, 3.8) is 0 Å². The second kappa shape index (κ2) is 7.81. The van der Waals surface area contributed by atoms with Crippen molar-refractivity contribution in [2.24, 2.45) is 0 Å². The molecule has 1 fully saturated rings. The number of aliphatic hydroxyl groups is 1. The first kappa shape index (κ1) is 18.1. The van der Waals surface area contributed by atoms with Crippen LogP contribution >= 0.6 is 0 Å². The molecule has 0 amide bonds. The third-order valence-electron chi connectivity index (χ3n) is 5.75. The quantitative estimate of drug-likeness (QED) is 0.571. The van der Waals surface area contributed by atoms with Gasteiger partial charge in [0.1, 0.15) is 0 Å². The van der Waals surface area contributed by atoms with Gasteiger partial charge in [0.2, 0.25) is 5.95 Å². The average Bonchev–Trinajstić information content (AvgIpc) is 3.09. The van der Waals surface area contributed by atoms with Crippen molar-refractivity contribution in [3.05, 3.63) is 67.0 Å². The third kappa shape index (κ3) is 3.57. The van der Waals surface area contributed by atoms with Crippen molar-refractivity contribution in [1.29, 1.82) is 0 Å². The van der Waals surface area contributed by atoms with Crippen molar-refractivity contribution in [3.8, 4) is 0 Å². The van der Waals surface area contributed by atoms with E-state index >= 15 is 0 Å². The zero-order valence-corrected chi connectivity index (χ0v) is 16.4. The molecule has 5 rings (SSSR count). The maximum absolute atomic E-state index is 10.9. The van der Waals surface area contributed by atoms with E-state index in [9.17, 15) is 5.11 Å². The molecule has 0 bridgehead atoms. The predicted molar refractivity (Wildman–Crippen MR) is 116 cm³/mol. The largest absolute Gasteiger partial charge is 0.390 e. The normalized spacial score (nSPS) is 16.5. The number of hydrogen-bond acceptors (Lipinski definition) is 5. The minimum Gasteiger partial charge on any atom is -0.390 e. The molecule has 0 radical (unpaired) electrons. The lowest BCUT2D eigenvalue weighted by atomic mass is 10.2. The van der Waals surface area contributed by atoms with E-state index in [-0.39, 0.29) is 0 Å². The van der Waals surface area contributed by atoms with Crippen LogP contribution in [0.1, 0.15) is 0 Å². The summed E-state index contributed by atoms with van der Waals surface area (Å²) >= 11 is 0. The number of aliphatic hydroxyl groups excluding tert-OH is 1. The molecule has 2 aromatic heterocycles. The van der Waals surface area contributed by atoms with E-state index in [2.05, 4.69) is 72.9 Å². The Morgan fingerprint density at radius 1 is 0.759 bits per heavy atom. The van der Waals surface area contributed by atoms with E-state index in [0.29, 0.717) is 13.1 Å². The van der Waals surface area contributed by atoms with Crippen LogP contribution in [0.5, 0.6) is 0 Å². The van der Waals surface area contributed by atoms with E-state index in [4.69, 9.17) is 0 Å². The Kier molecular flexibility index (Phi) is 4.87. The summed E-state index contributed by atoms with van der Waals surface area (Å²) < 4.78 is 2.25. The highest BCUT2D eigenvalue weighted by Crippen LogP contribution is 2.28. The van der Waals surface area contributed by atoms with Crippen LogP contribution in [0.25, 0.3) is 21.8 Å². The van der Waals surface area contributed by atoms with Crippen molar-refractivity contribution in [1.82, 2.24) is 19.4 Å². The van der Waals surface area contributed by atoms with Crippen molar-refractivity contribution in [2.45, 2.75) is 12.6 Å². The molecule has 2 aromatic carbocycles. The molecule has 1 aliphatic heterocycles. The number of fused-ring (bicyclic) bond motifs is 3. The Morgan fingerprint density at radius 3 is 1.97 bits per heavy atom. The van der Waals surface area contributed by atoms with Gasteiger partial charge in [-0.2, -0.15) is 0 Å². The fraction of sp³-hybridized carbons (Fsp3) is 0.304. The van der Waals surface area contributed by atoms with Crippen molar-refractivity contribution in [2.75, 3.05) is 37.6 Å². The predicted octanol–water partition coefficient (Wildman–Crippen LogP) is 2.77. The SMILES string of the molecule is O[C@@H](CN1CCN(c2ncccn2)CC1)Cn1c2ccccc2c2ccccc21. The number of para-hydroxylation sites is 2. The van der Waals surface area contributed by atoms with Gasteiger partial charge >= 0.3 is 0 Å². The molecular weight excluding hydrogens is 362 g/mol. The maximum Gasteiger partial charge on any atom is 0.225 e. The molecule has 0 spiro atoms. The molecule has 6 heteroatoms. The number of β-amino-alcohol motifs (C(OH)–C–C–N with tert-alkyl or cyclic N) is 1. The maximum atomic E-state index is 10.9. The second-order valence-electron chi connectivity index (χ2n) is 7.64. The van der Waals surface area contributed by atoms with Gasteiger partial charge in [0.25, 0.3) is 0 Å². The Morgan fingerprint density at radius 2 is 1.34 bits per heavy atom. The summed E-state index contributed by atoms with van der Waals surface area (Å²) in [5, 5.41) is 13.4. The van der Waals surface area contributed by atoms with E-state index in [1.54, 1.807) is 12.4 Å². The molecule has 1 saturated heterocycles. The number of benzene rings is 2. The summed E-state index contributed by atoms with van der Waals surface area (Å²) in [4.78, 5) is 13.2. The molecule has 6 nitrogen and oxygen atoms in total. The number of nitrogens with zero attached hydrogens (tertiary/aromatic N) is 5. The van der Waals surface area contributed by atoms with Crippen LogP contribution in [0.15, 0.2) is 67.0 Å². The molecule has 4 aromatic rings. The second-order valence-corrected chi connectivity index (χ2v) is 7.64. The molecular formula is C23H25N5O. The van der Waals surface area contributed by atoms with E-state index in [1.165, 1.54) is 21.8 Å². The molecule has 148 valence electrons. The molecule has 29 heavy (non-hydrogen) atoms. The number of aromatic nitrogens is 3. The standard InChI is InChI=1S/C23H25N5O/c29-18(16-26-12-14-27(15-13-26)23-24-10-5-11-25-23)17-28-21-8-3-1-6-19(21)20-7-2-4-9-22(20)28/h1-11,18,29H,12-17H2/t18-/m0/s1. The number of piperazine rings is 1. The van der Waals surface area contributed by atoms with Gasteiger partial charge in [0.15, 0.2) is 0 Å². The number of hydrogen-bond donors (Lipinski definition) is 1. The van der Waals surface area contributed by atoms with Crippen LogP contribution in [0.3, 0.4) is 0 Å². The lowest BCUT2D eigenvalue weighted by Crippen LogP contribution is -2.49. The first-order valence-electron chi connectivity index (χ1n) is 10.2. The van der Waals surface area contributed by atoms with Crippen LogP contribution in [-0.4, -0.2) is 63.4 Å². The van der Waals surface area contributed by atoms with E-state index in [0.717, 1.165) is 32.1 Å². The monoisotopic (exact) mass is 387 g/mol. The van der Waals surface area contributed by atoms with Gasteiger partial charge in [-0.05, 0) is 18.2 Å². The van der Waals surface area contributed by atoms with Crippen molar-refractivity contribution < 1.29 is 5.11 Å². The summed E-state index contributed by atoms with van der Waals surface area (Å²) in [6.45, 7) is 4.84. The average molecular weight is 387 g/mol. The summed E-state index contributed by atoms with van der Waals surface area (Å²) in [6, 6.07) is 18.7. The highest BCUT2D eigenvalue weighted by Gasteiger charge is 2.21. The minimum atomic E-state index is -0.422. The fourth-order valence-electron chi connectivity index (χ4n) is 4.35. The van der Waals surface area contributed by atoms with Crippen molar-refractivity contribution >= 4 is 27.8 Å². The Labute approximate surface area is 170 Å². The Bertz CT molecular complexity index is 1050. The van der Waals surface area contributed by atoms with Gasteiger partial charge in [-0.3, -0.25) is 4.90 Å². The minimum absolute atomic E-state index is 0.422. The van der Waals surface area contributed by atoms with Gasteiger partial charge in [-0.15, -0.1) is 0 Å². The summed E-state index contributed by atoms with van der Waals surface area (Å²) in [7, 11) is 0. The highest BCUT2D eigenvalue weighted by atomic mass is 16.3. The topological polar surface area (TPSA) is 57.4 Å². The van der Waals surface area contributed by atoms with Crippen LogP contribution in [-0.2, 0) is 6.54 Å². The molecule has 0 aliphatic carbocycles. The van der Waals surface area contributed by atoms with Crippen LogP contribution in [0.2, 0.25) is 0 Å². The first-order valence-corrected chi connectivity index (χ1v) is 10.2. The molecule has 1 N–H and O–H groups in total. The molecule has 3 heterocycles. The van der Waals surface area contributed by atoms with Gasteiger partial charge < -0.3 is 14.6 Å². The van der Waals surface area contributed by atoms with Crippen LogP contribution < -0.4 is 4.90 Å². The smallest absolute Gasteiger partial charge is 0.225 e. The zero-order chi connectivity index (χ0) is 19.6.